The van der Waals surface area contributed by atoms with E-state index >= 15 is 0 Å². The topological polar surface area (TPSA) is 0 Å². The molecule has 7 aromatic rings. The average molecular weight is 807 g/mol. The van der Waals surface area contributed by atoms with Crippen molar-refractivity contribution in [2.75, 3.05) is 0 Å². The third kappa shape index (κ3) is 7.96. The summed E-state index contributed by atoms with van der Waals surface area (Å²) in [5.74, 6) is 0. The fraction of sp³-hybridized carbons (Fsp3) is 0.0870. The van der Waals surface area contributed by atoms with Crippen LogP contribution in [-0.4, -0.2) is 0 Å². The Labute approximate surface area is 323 Å². The van der Waals surface area contributed by atoms with Crippen molar-refractivity contribution in [3.8, 4) is 66.8 Å². The first-order valence-corrected chi connectivity index (χ1v) is 17.4. The van der Waals surface area contributed by atoms with Gasteiger partial charge in [0.2, 0.25) is 0 Å². The van der Waals surface area contributed by atoms with E-state index in [0.29, 0.717) is 12.1 Å². The lowest BCUT2D eigenvalue weighted by Gasteiger charge is -2.23. The summed E-state index contributed by atoms with van der Waals surface area (Å²) in [7, 11) is 0. The second kappa shape index (κ2) is 14.9. The summed E-state index contributed by atoms with van der Waals surface area (Å²) in [6.07, 6.45) is -19.9. The number of alkyl halides is 12. The van der Waals surface area contributed by atoms with Crippen molar-refractivity contribution in [2.24, 2.45) is 0 Å². The van der Waals surface area contributed by atoms with Crippen molar-refractivity contribution in [3.05, 3.63) is 180 Å². The minimum Gasteiger partial charge on any atom is -0.166 e. The van der Waals surface area contributed by atoms with Gasteiger partial charge in [-0.2, -0.15) is 52.7 Å². The van der Waals surface area contributed by atoms with Crippen LogP contribution >= 0.6 is 0 Å². The first kappa shape index (κ1) is 39.9. The lowest BCUT2D eigenvalue weighted by Crippen LogP contribution is -2.10. The highest BCUT2D eigenvalue weighted by Gasteiger charge is 2.39. The molecule has 0 saturated carbocycles. The zero-order chi connectivity index (χ0) is 41.6. The quantitative estimate of drug-likeness (QED) is 0.147. The molecule has 0 bridgehead atoms. The molecule has 0 aliphatic rings. The molecule has 0 atom stereocenters. The molecule has 0 saturated heterocycles. The minimum atomic E-state index is -5.05. The Bertz CT molecular complexity index is 2410. The van der Waals surface area contributed by atoms with Crippen molar-refractivity contribution < 1.29 is 52.7 Å². The van der Waals surface area contributed by atoms with Crippen LogP contribution in [-0.2, 0) is 24.7 Å². The van der Waals surface area contributed by atoms with Crippen molar-refractivity contribution in [2.45, 2.75) is 24.7 Å². The zero-order valence-corrected chi connectivity index (χ0v) is 29.5. The fourth-order valence-corrected chi connectivity index (χ4v) is 7.09. The van der Waals surface area contributed by atoms with Crippen LogP contribution in [0.25, 0.3) is 66.8 Å². The standard InChI is InChI=1S/C46H26F12/c47-43(48,49)39-17-9-7-15-31(39)29-19-21-41(45(53,54)55)37(23-29)35-26-34(28-13-5-2-6-14-28)36(25-33(35)27-11-3-1-4-12-27)38-24-30(20-22-42(38)46(56,57)58)32-16-8-10-18-40(32)44(50,51)52/h1-26H. The molecule has 12 heteroatoms. The monoisotopic (exact) mass is 806 g/mol. The Morgan fingerprint density at radius 2 is 0.500 bits per heavy atom. The molecule has 0 fully saturated rings. The molecule has 7 rings (SSSR count). The van der Waals surface area contributed by atoms with Gasteiger partial charge >= 0.3 is 24.7 Å². The Morgan fingerprint density at radius 1 is 0.207 bits per heavy atom. The normalized spacial score (nSPS) is 12.5. The van der Waals surface area contributed by atoms with Gasteiger partial charge in [-0.25, -0.2) is 0 Å². The molecule has 0 aliphatic heterocycles. The highest BCUT2D eigenvalue weighted by Crippen LogP contribution is 2.50. The van der Waals surface area contributed by atoms with Gasteiger partial charge in [0.05, 0.1) is 22.3 Å². The molecule has 0 radical (unpaired) electrons. The van der Waals surface area contributed by atoms with Gasteiger partial charge in [-0.15, -0.1) is 0 Å². The molecule has 0 aliphatic carbocycles. The van der Waals surface area contributed by atoms with Crippen LogP contribution < -0.4 is 0 Å². The summed E-state index contributed by atoms with van der Waals surface area (Å²) >= 11 is 0. The summed E-state index contributed by atoms with van der Waals surface area (Å²) in [6, 6.07) is 31.7. The molecule has 0 heterocycles. The van der Waals surface area contributed by atoms with Crippen LogP contribution in [0.4, 0.5) is 52.7 Å². The molecule has 7 aromatic carbocycles. The van der Waals surface area contributed by atoms with Crippen molar-refractivity contribution in [1.29, 1.82) is 0 Å². The van der Waals surface area contributed by atoms with Crippen LogP contribution in [0.15, 0.2) is 158 Å². The summed E-state index contributed by atoms with van der Waals surface area (Å²) < 4.78 is 175. The highest BCUT2D eigenvalue weighted by molar-refractivity contribution is 5.98. The number of rotatable bonds is 6. The van der Waals surface area contributed by atoms with Gasteiger partial charge in [0.25, 0.3) is 0 Å². The van der Waals surface area contributed by atoms with E-state index in [1.807, 2.05) is 0 Å². The lowest BCUT2D eigenvalue weighted by atomic mass is 9.82. The molecular formula is C46H26F12. The summed E-state index contributed by atoms with van der Waals surface area (Å²) in [5.41, 5.74) is -6.97. The third-order valence-electron chi connectivity index (χ3n) is 9.64. The van der Waals surface area contributed by atoms with Crippen LogP contribution in [0, 0.1) is 0 Å². The summed E-state index contributed by atoms with van der Waals surface area (Å²) in [6.45, 7) is 0. The Kier molecular flexibility index (Phi) is 10.2. The van der Waals surface area contributed by atoms with Crippen molar-refractivity contribution >= 4 is 0 Å². The molecule has 0 unspecified atom stereocenters. The molecule has 294 valence electrons. The Balaban J connectivity index is 1.62. The molecule has 58 heavy (non-hydrogen) atoms. The molecule has 0 amide bonds. The second-order valence-electron chi connectivity index (χ2n) is 13.3. The number of hydrogen-bond acceptors (Lipinski definition) is 0. The van der Waals surface area contributed by atoms with E-state index in [0.717, 1.165) is 60.7 Å². The molecule has 0 aromatic heterocycles. The average Bonchev–Trinajstić information content (AvgIpc) is 3.19. The Hall–Kier alpha value is -6.30. The van der Waals surface area contributed by atoms with Gasteiger partial charge in [-0.3, -0.25) is 0 Å². The SMILES string of the molecule is FC(F)(F)c1ccccc1-c1ccc(C(F)(F)F)c(-c2cc(-c3ccccc3)c(-c3cc(-c4ccccc4C(F)(F)F)ccc3C(F)(F)F)cc2-c2ccccc2)c1. The van der Waals surface area contributed by atoms with Gasteiger partial charge in [0.1, 0.15) is 0 Å². The highest BCUT2D eigenvalue weighted by atomic mass is 19.4. The van der Waals surface area contributed by atoms with Crippen LogP contribution in [0.5, 0.6) is 0 Å². The Morgan fingerprint density at radius 3 is 0.828 bits per heavy atom. The number of halogens is 12. The van der Waals surface area contributed by atoms with Gasteiger partial charge in [-0.1, -0.05) is 109 Å². The first-order valence-electron chi connectivity index (χ1n) is 17.4. The molecule has 0 nitrogen and oxygen atoms in total. The van der Waals surface area contributed by atoms with E-state index in [2.05, 4.69) is 0 Å². The maximum atomic E-state index is 15.0. The minimum absolute atomic E-state index is 0.0312. The van der Waals surface area contributed by atoms with E-state index in [4.69, 9.17) is 0 Å². The first-order chi connectivity index (χ1) is 27.3. The summed E-state index contributed by atoms with van der Waals surface area (Å²) in [5, 5.41) is 0. The van der Waals surface area contributed by atoms with Gasteiger partial charge < -0.3 is 0 Å². The molecule has 0 N–H and O–H groups in total. The summed E-state index contributed by atoms with van der Waals surface area (Å²) in [4.78, 5) is 0. The van der Waals surface area contributed by atoms with Gasteiger partial charge in [0, 0.05) is 0 Å². The van der Waals surface area contributed by atoms with Gasteiger partial charge in [-0.05, 0) is 115 Å². The van der Waals surface area contributed by atoms with Crippen molar-refractivity contribution in [1.82, 2.24) is 0 Å². The van der Waals surface area contributed by atoms with E-state index in [9.17, 15) is 52.7 Å². The predicted octanol–water partition coefficient (Wildman–Crippen LogP) is 15.8. The maximum Gasteiger partial charge on any atom is 0.417 e. The zero-order valence-electron chi connectivity index (χ0n) is 29.5. The van der Waals surface area contributed by atoms with E-state index in [-0.39, 0.29) is 44.5 Å². The van der Waals surface area contributed by atoms with Crippen LogP contribution in [0.2, 0.25) is 0 Å². The van der Waals surface area contributed by atoms with Crippen molar-refractivity contribution in [3.63, 3.8) is 0 Å². The lowest BCUT2D eigenvalue weighted by molar-refractivity contribution is -0.138. The van der Waals surface area contributed by atoms with E-state index in [1.54, 1.807) is 36.4 Å². The fourth-order valence-electron chi connectivity index (χ4n) is 7.09. The molecule has 0 spiro atoms. The second-order valence-corrected chi connectivity index (χ2v) is 13.3. The van der Waals surface area contributed by atoms with E-state index in [1.165, 1.54) is 48.5 Å². The number of benzene rings is 7. The maximum absolute atomic E-state index is 15.0. The van der Waals surface area contributed by atoms with E-state index < -0.39 is 69.2 Å². The van der Waals surface area contributed by atoms with Crippen LogP contribution in [0.1, 0.15) is 22.3 Å². The van der Waals surface area contributed by atoms with Crippen LogP contribution in [0.3, 0.4) is 0 Å². The largest absolute Gasteiger partial charge is 0.417 e. The number of hydrogen-bond donors (Lipinski definition) is 0. The third-order valence-corrected chi connectivity index (χ3v) is 9.64. The molecular weight excluding hydrogens is 780 g/mol. The predicted molar refractivity (Wildman–Crippen MR) is 199 cm³/mol. The van der Waals surface area contributed by atoms with Gasteiger partial charge in [0.15, 0.2) is 0 Å². The smallest absolute Gasteiger partial charge is 0.166 e.